The molecule has 0 radical (unpaired) electrons. The van der Waals surface area contributed by atoms with E-state index in [0.717, 1.165) is 11.0 Å². The smallest absolute Gasteiger partial charge is 0.395 e. The van der Waals surface area contributed by atoms with E-state index >= 15 is 0 Å². The second kappa shape index (κ2) is 6.64. The number of sulfonamides is 1. The van der Waals surface area contributed by atoms with Crippen molar-refractivity contribution in [2.75, 3.05) is 36.2 Å². The van der Waals surface area contributed by atoms with Crippen LogP contribution in [0.1, 0.15) is 5.56 Å². The molecule has 0 bridgehead atoms. The lowest BCUT2D eigenvalue weighted by atomic mass is 10.1. The van der Waals surface area contributed by atoms with Crippen LogP contribution >= 0.6 is 0 Å². The third-order valence-corrected chi connectivity index (χ3v) is 3.94. The molecule has 0 saturated heterocycles. The molecule has 0 atom stereocenters. The maximum atomic E-state index is 13.3. The number of nitrogens with one attached hydrogen (secondary N) is 2. The third-order valence-electron chi connectivity index (χ3n) is 3.42. The van der Waals surface area contributed by atoms with Crippen molar-refractivity contribution in [3.63, 3.8) is 0 Å². The largest absolute Gasteiger partial charge is 0.418 e. The van der Waals surface area contributed by atoms with Crippen LogP contribution in [0.5, 0.6) is 0 Å². The van der Waals surface area contributed by atoms with Crippen LogP contribution in [0.4, 0.5) is 18.9 Å². The van der Waals surface area contributed by atoms with Gasteiger partial charge in [-0.3, -0.25) is 4.79 Å². The highest BCUT2D eigenvalue weighted by Crippen LogP contribution is 2.37. The number of hydrogen-bond donors (Lipinski definition) is 3. The quantitative estimate of drug-likeness (QED) is 0.634. The summed E-state index contributed by atoms with van der Waals surface area (Å²) in [5.74, 6) is 0. The van der Waals surface area contributed by atoms with Gasteiger partial charge in [0.15, 0.2) is 0 Å². The number of alkyl halides is 3. The van der Waals surface area contributed by atoms with Crippen LogP contribution in [0.15, 0.2) is 21.7 Å². The molecule has 0 amide bonds. The number of halogens is 3. The number of aliphatic hydroxyl groups is 1. The highest BCUT2D eigenvalue weighted by Gasteiger charge is 2.35. The van der Waals surface area contributed by atoms with Crippen molar-refractivity contribution in [3.05, 3.63) is 38.5 Å². The van der Waals surface area contributed by atoms with Gasteiger partial charge in [-0.25, -0.2) is 18.0 Å². The minimum atomic E-state index is -4.79. The van der Waals surface area contributed by atoms with E-state index in [9.17, 15) is 31.2 Å². The number of likely N-dealkylation sites (N-methyl/N-ethyl adjacent to an activating group) is 1. The van der Waals surface area contributed by atoms with E-state index in [1.165, 1.54) is 7.05 Å². The average molecular weight is 396 g/mol. The zero-order valence-electron chi connectivity index (χ0n) is 13.6. The maximum Gasteiger partial charge on any atom is 0.418 e. The first-order chi connectivity index (χ1) is 11.8. The van der Waals surface area contributed by atoms with Crippen LogP contribution in [-0.2, 0) is 16.2 Å². The second-order valence-electron chi connectivity index (χ2n) is 5.49. The fourth-order valence-corrected chi connectivity index (χ4v) is 2.81. The summed E-state index contributed by atoms with van der Waals surface area (Å²) in [6.45, 7) is -0.578. The van der Waals surface area contributed by atoms with Gasteiger partial charge in [0.25, 0.3) is 5.56 Å². The number of aromatic amines is 1. The van der Waals surface area contributed by atoms with E-state index < -0.39 is 50.8 Å². The lowest BCUT2D eigenvalue weighted by Gasteiger charge is -2.23. The first kappa shape index (κ1) is 19.8. The predicted molar refractivity (Wildman–Crippen MR) is 88.4 cm³/mol. The predicted octanol–water partition coefficient (Wildman–Crippen LogP) is -0.360. The molecule has 2 aromatic rings. The number of anilines is 1. The van der Waals surface area contributed by atoms with Gasteiger partial charge in [-0.2, -0.15) is 17.8 Å². The molecule has 0 aliphatic carbocycles. The summed E-state index contributed by atoms with van der Waals surface area (Å²) < 4.78 is 62.7. The van der Waals surface area contributed by atoms with Crippen molar-refractivity contribution < 1.29 is 26.7 Å². The van der Waals surface area contributed by atoms with Crippen molar-refractivity contribution in [1.29, 1.82) is 0 Å². The summed E-state index contributed by atoms with van der Waals surface area (Å²) in [5, 5.41) is 8.62. The fourth-order valence-electron chi connectivity index (χ4n) is 2.31. The number of rotatable bonds is 5. The Morgan fingerprint density at radius 1 is 1.31 bits per heavy atom. The molecule has 0 aliphatic heterocycles. The van der Waals surface area contributed by atoms with Crippen molar-refractivity contribution in [2.45, 2.75) is 6.18 Å². The Hall–Kier alpha value is -2.54. The average Bonchev–Trinajstić information content (AvgIpc) is 2.49. The molecular formula is C13H15F3N4O5S. The number of aromatic nitrogens is 2. The zero-order valence-corrected chi connectivity index (χ0v) is 14.4. The van der Waals surface area contributed by atoms with Gasteiger partial charge in [0.2, 0.25) is 10.0 Å². The van der Waals surface area contributed by atoms with Crippen molar-refractivity contribution >= 4 is 26.6 Å². The normalized spacial score (nSPS) is 12.4. The van der Waals surface area contributed by atoms with Crippen LogP contribution in [0, 0.1) is 0 Å². The molecule has 0 spiro atoms. The van der Waals surface area contributed by atoms with Gasteiger partial charge < -0.3 is 15.0 Å². The summed E-state index contributed by atoms with van der Waals surface area (Å²) in [7, 11) is -2.70. The molecule has 1 aromatic carbocycles. The van der Waals surface area contributed by atoms with Gasteiger partial charge in [-0.05, 0) is 12.1 Å². The van der Waals surface area contributed by atoms with Crippen LogP contribution in [0.25, 0.3) is 10.9 Å². The lowest BCUT2D eigenvalue weighted by Crippen LogP contribution is -2.43. The Balaban J connectivity index is 2.86. The van der Waals surface area contributed by atoms with E-state index in [1.54, 1.807) is 4.83 Å². The van der Waals surface area contributed by atoms with E-state index in [4.69, 9.17) is 5.11 Å². The molecule has 3 N–H and O–H groups in total. The molecule has 1 heterocycles. The summed E-state index contributed by atoms with van der Waals surface area (Å²) in [6.07, 6.45) is -4.08. The van der Waals surface area contributed by atoms with Gasteiger partial charge >= 0.3 is 11.9 Å². The monoisotopic (exact) mass is 396 g/mol. The number of fused-ring (bicyclic) bond motifs is 1. The van der Waals surface area contributed by atoms with E-state index in [1.807, 2.05) is 4.98 Å². The van der Waals surface area contributed by atoms with Gasteiger partial charge in [-0.1, -0.05) is 0 Å². The molecule has 9 nitrogen and oxygen atoms in total. The maximum absolute atomic E-state index is 13.3. The standard InChI is InChI=1S/C13H15F3N4O5S/c1-19(3-4-21)10-5-7-9(6-8(10)13(14,15)16)17-12(23)20(11(7)22)18-26(2,24)25/h5-6,18,21H,3-4H2,1-2H3,(H,17,23). The topological polar surface area (TPSA) is 124 Å². The van der Waals surface area contributed by atoms with E-state index in [0.29, 0.717) is 12.3 Å². The van der Waals surface area contributed by atoms with Crippen LogP contribution < -0.4 is 21.0 Å². The van der Waals surface area contributed by atoms with Gasteiger partial charge in [0.05, 0.1) is 29.3 Å². The Bertz CT molecular complexity index is 1060. The van der Waals surface area contributed by atoms with Gasteiger partial charge in [-0.15, -0.1) is 0 Å². The SMILES string of the molecule is CN(CCO)c1cc2c(=O)n(NS(C)(=O)=O)c(=O)[nH]c2cc1C(F)(F)F. The minimum absolute atomic E-state index is 0.145. The van der Waals surface area contributed by atoms with E-state index in [-0.39, 0.29) is 16.6 Å². The Labute approximate surface area is 144 Å². The highest BCUT2D eigenvalue weighted by molar-refractivity contribution is 7.91. The number of hydrogen-bond acceptors (Lipinski definition) is 6. The first-order valence-corrected chi connectivity index (χ1v) is 8.94. The Kier molecular flexibility index (Phi) is 5.05. The summed E-state index contributed by atoms with van der Waals surface area (Å²) >= 11 is 0. The van der Waals surface area contributed by atoms with Crippen molar-refractivity contribution in [3.8, 4) is 0 Å². The molecule has 2 rings (SSSR count). The number of H-pyrrole nitrogens is 1. The van der Waals surface area contributed by atoms with E-state index in [2.05, 4.69) is 0 Å². The van der Waals surface area contributed by atoms with Crippen molar-refractivity contribution in [1.82, 2.24) is 9.66 Å². The molecule has 1 aromatic heterocycles. The van der Waals surface area contributed by atoms with Crippen molar-refractivity contribution in [2.24, 2.45) is 0 Å². The van der Waals surface area contributed by atoms with Crippen LogP contribution in [0.2, 0.25) is 0 Å². The Morgan fingerprint density at radius 3 is 2.42 bits per heavy atom. The Morgan fingerprint density at radius 2 is 1.92 bits per heavy atom. The van der Waals surface area contributed by atoms with Gasteiger partial charge in [0.1, 0.15) is 0 Å². The summed E-state index contributed by atoms with van der Waals surface area (Å²) in [4.78, 5) is 29.1. The molecule has 0 unspecified atom stereocenters. The van der Waals surface area contributed by atoms with Crippen LogP contribution in [0.3, 0.4) is 0 Å². The lowest BCUT2D eigenvalue weighted by molar-refractivity contribution is -0.137. The second-order valence-corrected chi connectivity index (χ2v) is 7.22. The molecule has 13 heteroatoms. The molecule has 0 aliphatic rings. The highest BCUT2D eigenvalue weighted by atomic mass is 32.2. The molecular weight excluding hydrogens is 381 g/mol. The number of aliphatic hydroxyl groups excluding tert-OH is 1. The first-order valence-electron chi connectivity index (χ1n) is 7.05. The molecule has 144 valence electrons. The molecule has 0 fully saturated rings. The number of nitrogens with zero attached hydrogens (tertiary/aromatic N) is 2. The van der Waals surface area contributed by atoms with Crippen LogP contribution in [-0.4, -0.2) is 49.6 Å². The third kappa shape index (κ3) is 3.99. The minimum Gasteiger partial charge on any atom is -0.395 e. The summed E-state index contributed by atoms with van der Waals surface area (Å²) in [6, 6.07) is 1.47. The fraction of sp³-hybridized carbons (Fsp3) is 0.385. The zero-order chi connectivity index (χ0) is 19.9. The number of benzene rings is 1. The summed E-state index contributed by atoms with van der Waals surface area (Å²) in [5.41, 5.74) is -4.31. The van der Waals surface area contributed by atoms with Gasteiger partial charge in [0, 0.05) is 19.3 Å². The molecule has 26 heavy (non-hydrogen) atoms. The molecule has 0 saturated carbocycles.